The normalized spacial score (nSPS) is 15.4. The van der Waals surface area contributed by atoms with Gasteiger partial charge >= 0.3 is 0 Å². The van der Waals surface area contributed by atoms with Crippen LogP contribution in [0.1, 0.15) is 6.92 Å². The summed E-state index contributed by atoms with van der Waals surface area (Å²) >= 11 is 0. The second-order valence-corrected chi connectivity index (χ2v) is 8.25. The third kappa shape index (κ3) is 3.16. The van der Waals surface area contributed by atoms with Crippen molar-refractivity contribution in [3.05, 3.63) is 67.3 Å². The number of imidazole rings is 1. The van der Waals surface area contributed by atoms with Gasteiger partial charge in [0.2, 0.25) is 0 Å². The number of alkyl halides is 1. The minimum atomic E-state index is -1.09. The van der Waals surface area contributed by atoms with Crippen LogP contribution < -0.4 is 10.2 Å². The second kappa shape index (κ2) is 6.53. The van der Waals surface area contributed by atoms with E-state index in [0.29, 0.717) is 18.9 Å². The standard InChI is InChI=1S/C23H20FN7/c1-23(24)13-31(14-23)18-6-4-17(5-7-18)27-21-22-25-8-9-30(22)12-20(28-21)15-2-3-16-11-26-29-19(16)10-15/h2-12H,13-14H2,1H3,(H,26,29)(H,27,28). The Morgan fingerprint density at radius 3 is 2.77 bits per heavy atom. The molecule has 8 heteroatoms. The Morgan fingerprint density at radius 2 is 1.97 bits per heavy atom. The molecule has 3 aromatic heterocycles. The van der Waals surface area contributed by atoms with E-state index in [2.05, 4.69) is 20.5 Å². The molecule has 1 aliphatic rings. The summed E-state index contributed by atoms with van der Waals surface area (Å²) < 4.78 is 15.8. The van der Waals surface area contributed by atoms with Crippen LogP contribution in [0.3, 0.4) is 0 Å². The number of benzene rings is 2. The van der Waals surface area contributed by atoms with Crippen LogP contribution in [0.25, 0.3) is 27.8 Å². The smallest absolute Gasteiger partial charge is 0.180 e. The van der Waals surface area contributed by atoms with Crippen molar-refractivity contribution >= 4 is 33.7 Å². The number of aromatic amines is 1. The molecule has 7 nitrogen and oxygen atoms in total. The molecule has 4 heterocycles. The number of nitrogens with zero attached hydrogens (tertiary/aromatic N) is 5. The topological polar surface area (TPSA) is 74.1 Å². The maximum absolute atomic E-state index is 13.8. The maximum Gasteiger partial charge on any atom is 0.180 e. The van der Waals surface area contributed by atoms with Crippen LogP contribution in [0.4, 0.5) is 21.6 Å². The van der Waals surface area contributed by atoms with Crippen LogP contribution in [0, 0.1) is 0 Å². The summed E-state index contributed by atoms with van der Waals surface area (Å²) in [4.78, 5) is 11.3. The van der Waals surface area contributed by atoms with Crippen molar-refractivity contribution in [1.29, 1.82) is 0 Å². The molecule has 2 aromatic carbocycles. The molecular formula is C23H20FN7. The van der Waals surface area contributed by atoms with Crippen LogP contribution in [0.15, 0.2) is 67.3 Å². The minimum absolute atomic E-state index is 0.429. The number of H-pyrrole nitrogens is 1. The predicted molar refractivity (Wildman–Crippen MR) is 120 cm³/mol. The van der Waals surface area contributed by atoms with Gasteiger partial charge in [0.25, 0.3) is 0 Å². The van der Waals surface area contributed by atoms with Gasteiger partial charge in [-0.15, -0.1) is 0 Å². The van der Waals surface area contributed by atoms with Gasteiger partial charge in [-0.05, 0) is 37.3 Å². The van der Waals surface area contributed by atoms with E-state index in [1.54, 1.807) is 19.3 Å². The van der Waals surface area contributed by atoms with E-state index in [4.69, 9.17) is 4.98 Å². The highest BCUT2D eigenvalue weighted by atomic mass is 19.1. The van der Waals surface area contributed by atoms with Crippen LogP contribution in [0.2, 0.25) is 0 Å². The van der Waals surface area contributed by atoms with Gasteiger partial charge in [-0.25, -0.2) is 14.4 Å². The summed E-state index contributed by atoms with van der Waals surface area (Å²) in [7, 11) is 0. The first-order valence-corrected chi connectivity index (χ1v) is 10.1. The maximum atomic E-state index is 13.8. The van der Waals surface area contributed by atoms with Gasteiger partial charge in [-0.1, -0.05) is 12.1 Å². The van der Waals surface area contributed by atoms with Crippen molar-refractivity contribution in [3.63, 3.8) is 0 Å². The quantitative estimate of drug-likeness (QED) is 0.452. The summed E-state index contributed by atoms with van der Waals surface area (Å²) in [6, 6.07) is 14.1. The van der Waals surface area contributed by atoms with Crippen molar-refractivity contribution in [3.8, 4) is 11.3 Å². The lowest BCUT2D eigenvalue weighted by Crippen LogP contribution is -2.57. The van der Waals surface area contributed by atoms with E-state index in [9.17, 15) is 4.39 Å². The van der Waals surface area contributed by atoms with E-state index in [-0.39, 0.29) is 0 Å². The molecular weight excluding hydrogens is 393 g/mol. The number of aromatic nitrogens is 5. The number of halogens is 1. The van der Waals surface area contributed by atoms with Crippen LogP contribution in [-0.4, -0.2) is 43.3 Å². The van der Waals surface area contributed by atoms with E-state index in [1.165, 1.54) is 0 Å². The van der Waals surface area contributed by atoms with Crippen molar-refractivity contribution in [2.75, 3.05) is 23.3 Å². The Labute approximate surface area is 177 Å². The predicted octanol–water partition coefficient (Wildman–Crippen LogP) is 4.56. The summed E-state index contributed by atoms with van der Waals surface area (Å²) in [6.07, 6.45) is 7.43. The number of hydrogen-bond acceptors (Lipinski definition) is 5. The third-order valence-electron chi connectivity index (χ3n) is 5.65. The number of hydrogen-bond donors (Lipinski definition) is 2. The Hall–Kier alpha value is -3.94. The largest absolute Gasteiger partial charge is 0.365 e. The SMILES string of the molecule is CC1(F)CN(c2ccc(Nc3nc(-c4ccc5cn[nH]c5c4)cn4ccnc34)cc2)C1. The summed E-state index contributed by atoms with van der Waals surface area (Å²) in [5.41, 5.74) is 4.33. The van der Waals surface area contributed by atoms with Crippen molar-refractivity contribution in [1.82, 2.24) is 24.6 Å². The molecule has 31 heavy (non-hydrogen) atoms. The van der Waals surface area contributed by atoms with Gasteiger partial charge in [-0.2, -0.15) is 5.10 Å². The Morgan fingerprint density at radius 1 is 1.13 bits per heavy atom. The lowest BCUT2D eigenvalue weighted by atomic mass is 9.98. The van der Waals surface area contributed by atoms with Gasteiger partial charge in [0.15, 0.2) is 11.5 Å². The van der Waals surface area contributed by atoms with Crippen molar-refractivity contribution in [2.24, 2.45) is 0 Å². The van der Waals surface area contributed by atoms with Crippen molar-refractivity contribution < 1.29 is 4.39 Å². The van der Waals surface area contributed by atoms with Gasteiger partial charge in [0.1, 0.15) is 5.67 Å². The highest BCUT2D eigenvalue weighted by Crippen LogP contribution is 2.32. The fourth-order valence-electron chi connectivity index (χ4n) is 4.08. The summed E-state index contributed by atoms with van der Waals surface area (Å²) in [5.74, 6) is 0.667. The van der Waals surface area contributed by atoms with Crippen LogP contribution in [0.5, 0.6) is 0 Å². The molecule has 6 rings (SSSR count). The van der Waals surface area contributed by atoms with E-state index in [1.807, 2.05) is 64.2 Å². The molecule has 0 unspecified atom stereocenters. The molecule has 1 aliphatic heterocycles. The molecule has 2 N–H and O–H groups in total. The molecule has 0 saturated carbocycles. The Kier molecular flexibility index (Phi) is 3.77. The molecule has 5 aromatic rings. The van der Waals surface area contributed by atoms with E-state index < -0.39 is 5.67 Å². The van der Waals surface area contributed by atoms with Gasteiger partial charge in [0, 0.05) is 40.9 Å². The zero-order valence-corrected chi connectivity index (χ0v) is 16.9. The molecule has 154 valence electrons. The molecule has 0 aliphatic carbocycles. The fourth-order valence-corrected chi connectivity index (χ4v) is 4.08. The highest BCUT2D eigenvalue weighted by Gasteiger charge is 2.38. The first-order chi connectivity index (χ1) is 15.0. The molecule has 0 radical (unpaired) electrons. The first-order valence-electron chi connectivity index (χ1n) is 10.1. The van der Waals surface area contributed by atoms with Crippen molar-refractivity contribution in [2.45, 2.75) is 12.6 Å². The molecule has 0 spiro atoms. The third-order valence-corrected chi connectivity index (χ3v) is 5.65. The Balaban J connectivity index is 1.33. The van der Waals surface area contributed by atoms with Crippen LogP contribution in [-0.2, 0) is 0 Å². The Bertz CT molecular complexity index is 1390. The molecule has 1 fully saturated rings. The summed E-state index contributed by atoms with van der Waals surface area (Å²) in [6.45, 7) is 2.50. The number of nitrogens with one attached hydrogen (secondary N) is 2. The minimum Gasteiger partial charge on any atom is -0.365 e. The lowest BCUT2D eigenvalue weighted by Gasteiger charge is -2.43. The van der Waals surface area contributed by atoms with E-state index in [0.717, 1.165) is 39.2 Å². The molecule has 0 amide bonds. The molecule has 0 bridgehead atoms. The van der Waals surface area contributed by atoms with Gasteiger partial charge in [0.05, 0.1) is 30.5 Å². The number of rotatable bonds is 4. The lowest BCUT2D eigenvalue weighted by molar-refractivity contribution is 0.144. The van der Waals surface area contributed by atoms with Gasteiger partial charge in [-0.3, -0.25) is 5.10 Å². The average molecular weight is 413 g/mol. The van der Waals surface area contributed by atoms with E-state index >= 15 is 0 Å². The highest BCUT2D eigenvalue weighted by molar-refractivity contribution is 5.84. The molecule has 0 atom stereocenters. The zero-order valence-electron chi connectivity index (χ0n) is 16.9. The average Bonchev–Trinajstić information content (AvgIpc) is 3.41. The van der Waals surface area contributed by atoms with Crippen LogP contribution >= 0.6 is 0 Å². The van der Waals surface area contributed by atoms with Gasteiger partial charge < -0.3 is 14.6 Å². The number of anilines is 3. The summed E-state index contributed by atoms with van der Waals surface area (Å²) in [5, 5.41) is 11.5. The number of fused-ring (bicyclic) bond motifs is 2. The monoisotopic (exact) mass is 413 g/mol. The first kappa shape index (κ1) is 17.9. The second-order valence-electron chi connectivity index (χ2n) is 8.25. The fraction of sp³-hybridized carbons (Fsp3) is 0.174. The zero-order chi connectivity index (χ0) is 21.0. The molecule has 1 saturated heterocycles.